The van der Waals surface area contributed by atoms with Crippen LogP contribution in [0.2, 0.25) is 0 Å². The largest absolute Gasteiger partial charge is 0.389 e. The molecule has 0 heterocycles. The van der Waals surface area contributed by atoms with Crippen LogP contribution in [-0.4, -0.2) is 17.3 Å². The van der Waals surface area contributed by atoms with Crippen molar-refractivity contribution in [3.05, 3.63) is 34.1 Å². The molecular formula is C12H17BrFNO. The van der Waals surface area contributed by atoms with E-state index in [-0.39, 0.29) is 5.82 Å². The molecule has 0 aliphatic carbocycles. The van der Waals surface area contributed by atoms with Crippen LogP contribution in [0.5, 0.6) is 0 Å². The van der Waals surface area contributed by atoms with Gasteiger partial charge in [-0.15, -0.1) is 0 Å². The fourth-order valence-electron chi connectivity index (χ4n) is 1.28. The summed E-state index contributed by atoms with van der Waals surface area (Å²) in [5.41, 5.74) is 0.145. The molecule has 1 rings (SSSR count). The molecule has 0 aromatic heterocycles. The van der Waals surface area contributed by atoms with Crippen molar-refractivity contribution in [3.8, 4) is 0 Å². The van der Waals surface area contributed by atoms with Gasteiger partial charge < -0.3 is 10.4 Å². The Bertz CT molecular complexity index is 355. The van der Waals surface area contributed by atoms with E-state index in [1.807, 2.05) is 13.0 Å². The van der Waals surface area contributed by atoms with E-state index < -0.39 is 5.60 Å². The first-order valence-electron chi connectivity index (χ1n) is 5.32. The van der Waals surface area contributed by atoms with E-state index in [9.17, 15) is 9.50 Å². The SMILES string of the molecule is CCC(C)(O)CNCc1cccc(F)c1Br. The van der Waals surface area contributed by atoms with Gasteiger partial charge in [0.15, 0.2) is 0 Å². The summed E-state index contributed by atoms with van der Waals surface area (Å²) >= 11 is 3.20. The molecule has 2 N–H and O–H groups in total. The first-order valence-corrected chi connectivity index (χ1v) is 6.11. The van der Waals surface area contributed by atoms with Crippen LogP contribution in [0.25, 0.3) is 0 Å². The smallest absolute Gasteiger partial charge is 0.137 e. The maximum atomic E-state index is 13.2. The van der Waals surface area contributed by atoms with Crippen molar-refractivity contribution < 1.29 is 9.50 Å². The number of hydrogen-bond acceptors (Lipinski definition) is 2. The van der Waals surface area contributed by atoms with Crippen molar-refractivity contribution in [3.63, 3.8) is 0 Å². The highest BCUT2D eigenvalue weighted by Gasteiger charge is 2.16. The van der Waals surface area contributed by atoms with Gasteiger partial charge in [-0.1, -0.05) is 19.1 Å². The van der Waals surface area contributed by atoms with E-state index in [1.165, 1.54) is 6.07 Å². The predicted molar refractivity (Wildman–Crippen MR) is 66.7 cm³/mol. The van der Waals surface area contributed by atoms with Crippen molar-refractivity contribution in [2.24, 2.45) is 0 Å². The van der Waals surface area contributed by atoms with E-state index in [2.05, 4.69) is 21.2 Å². The Labute approximate surface area is 104 Å². The van der Waals surface area contributed by atoms with E-state index in [0.29, 0.717) is 24.0 Å². The first-order chi connectivity index (χ1) is 7.46. The molecule has 1 atom stereocenters. The molecule has 0 amide bonds. The van der Waals surface area contributed by atoms with Crippen LogP contribution >= 0.6 is 15.9 Å². The topological polar surface area (TPSA) is 32.3 Å². The molecule has 1 aromatic carbocycles. The van der Waals surface area contributed by atoms with Crippen LogP contribution in [-0.2, 0) is 6.54 Å². The van der Waals surface area contributed by atoms with Crippen molar-refractivity contribution in [1.82, 2.24) is 5.32 Å². The van der Waals surface area contributed by atoms with Crippen LogP contribution in [0.4, 0.5) is 4.39 Å². The van der Waals surface area contributed by atoms with Gasteiger partial charge in [0.1, 0.15) is 5.82 Å². The summed E-state index contributed by atoms with van der Waals surface area (Å²) in [6.45, 7) is 4.74. The van der Waals surface area contributed by atoms with Gasteiger partial charge in [0.05, 0.1) is 10.1 Å². The van der Waals surface area contributed by atoms with Crippen LogP contribution in [0, 0.1) is 5.82 Å². The van der Waals surface area contributed by atoms with Gasteiger partial charge in [-0.05, 0) is 40.9 Å². The Hall–Kier alpha value is -0.450. The molecule has 0 saturated carbocycles. The number of aliphatic hydroxyl groups is 1. The molecule has 4 heteroatoms. The van der Waals surface area contributed by atoms with Crippen LogP contribution in [0.3, 0.4) is 0 Å². The summed E-state index contributed by atoms with van der Waals surface area (Å²) in [6, 6.07) is 4.94. The highest BCUT2D eigenvalue weighted by atomic mass is 79.9. The Morgan fingerprint density at radius 1 is 1.50 bits per heavy atom. The summed E-state index contributed by atoms with van der Waals surface area (Å²) in [4.78, 5) is 0. The van der Waals surface area contributed by atoms with E-state index >= 15 is 0 Å². The van der Waals surface area contributed by atoms with Crippen LogP contribution in [0.1, 0.15) is 25.8 Å². The van der Waals surface area contributed by atoms with Crippen molar-refractivity contribution >= 4 is 15.9 Å². The molecule has 0 bridgehead atoms. The molecule has 1 aromatic rings. The fraction of sp³-hybridized carbons (Fsp3) is 0.500. The van der Waals surface area contributed by atoms with Gasteiger partial charge in [0.25, 0.3) is 0 Å². The minimum Gasteiger partial charge on any atom is -0.389 e. The molecule has 0 saturated heterocycles. The highest BCUT2D eigenvalue weighted by Crippen LogP contribution is 2.20. The first kappa shape index (κ1) is 13.6. The Morgan fingerprint density at radius 2 is 2.19 bits per heavy atom. The summed E-state index contributed by atoms with van der Waals surface area (Å²) in [5.74, 6) is -0.262. The summed E-state index contributed by atoms with van der Waals surface area (Å²) in [7, 11) is 0. The van der Waals surface area contributed by atoms with Crippen LogP contribution < -0.4 is 5.32 Å². The zero-order valence-electron chi connectivity index (χ0n) is 9.56. The Kier molecular flexibility index (Phi) is 4.89. The van der Waals surface area contributed by atoms with Gasteiger partial charge >= 0.3 is 0 Å². The third-order valence-electron chi connectivity index (χ3n) is 2.61. The monoisotopic (exact) mass is 289 g/mol. The van der Waals surface area contributed by atoms with Crippen LogP contribution in [0.15, 0.2) is 22.7 Å². The zero-order chi connectivity index (χ0) is 12.2. The second-order valence-corrected chi connectivity index (χ2v) is 4.96. The molecule has 90 valence electrons. The van der Waals surface area contributed by atoms with E-state index in [0.717, 1.165) is 5.56 Å². The maximum absolute atomic E-state index is 13.2. The molecule has 16 heavy (non-hydrogen) atoms. The standard InChI is InChI=1S/C12H17BrFNO/c1-3-12(2,16)8-15-7-9-5-4-6-10(14)11(9)13/h4-6,15-16H,3,7-8H2,1-2H3. The highest BCUT2D eigenvalue weighted by molar-refractivity contribution is 9.10. The van der Waals surface area contributed by atoms with E-state index in [4.69, 9.17) is 0 Å². The molecule has 0 spiro atoms. The molecule has 0 radical (unpaired) electrons. The predicted octanol–water partition coefficient (Wildman–Crippen LogP) is 2.84. The van der Waals surface area contributed by atoms with E-state index in [1.54, 1.807) is 13.0 Å². The van der Waals surface area contributed by atoms with Gasteiger partial charge in [0.2, 0.25) is 0 Å². The lowest BCUT2D eigenvalue weighted by Gasteiger charge is -2.21. The number of benzene rings is 1. The van der Waals surface area contributed by atoms with Crippen molar-refractivity contribution in [1.29, 1.82) is 0 Å². The normalized spacial score (nSPS) is 14.8. The maximum Gasteiger partial charge on any atom is 0.137 e. The second kappa shape index (κ2) is 5.75. The zero-order valence-corrected chi connectivity index (χ0v) is 11.1. The van der Waals surface area contributed by atoms with Gasteiger partial charge in [-0.25, -0.2) is 4.39 Å². The average molecular weight is 290 g/mol. The summed E-state index contributed by atoms with van der Waals surface area (Å²) in [5, 5.41) is 12.9. The lowest BCUT2D eigenvalue weighted by Crippen LogP contribution is -2.36. The average Bonchev–Trinajstić information content (AvgIpc) is 2.24. The molecule has 2 nitrogen and oxygen atoms in total. The fourth-order valence-corrected chi connectivity index (χ4v) is 1.68. The van der Waals surface area contributed by atoms with Gasteiger partial charge in [-0.2, -0.15) is 0 Å². The molecule has 0 fully saturated rings. The molecule has 1 unspecified atom stereocenters. The number of hydrogen-bond donors (Lipinski definition) is 2. The third kappa shape index (κ3) is 3.85. The summed E-state index contributed by atoms with van der Waals surface area (Å²) < 4.78 is 13.7. The lowest BCUT2D eigenvalue weighted by molar-refractivity contribution is 0.0555. The van der Waals surface area contributed by atoms with Crippen molar-refractivity contribution in [2.45, 2.75) is 32.4 Å². The van der Waals surface area contributed by atoms with Crippen molar-refractivity contribution in [2.75, 3.05) is 6.54 Å². The van der Waals surface area contributed by atoms with Gasteiger partial charge in [-0.3, -0.25) is 0 Å². The minimum atomic E-state index is -0.709. The lowest BCUT2D eigenvalue weighted by atomic mass is 10.0. The van der Waals surface area contributed by atoms with Gasteiger partial charge in [0, 0.05) is 13.1 Å². The Morgan fingerprint density at radius 3 is 2.81 bits per heavy atom. The second-order valence-electron chi connectivity index (χ2n) is 4.17. The Balaban J connectivity index is 2.53. The third-order valence-corrected chi connectivity index (χ3v) is 3.50. The number of halogens is 2. The summed E-state index contributed by atoms with van der Waals surface area (Å²) in [6.07, 6.45) is 0.685. The number of rotatable bonds is 5. The number of nitrogens with one attached hydrogen (secondary N) is 1. The molecule has 0 aliphatic rings. The minimum absolute atomic E-state index is 0.262. The molecule has 0 aliphatic heterocycles. The molecular weight excluding hydrogens is 273 g/mol. The quantitative estimate of drug-likeness (QED) is 0.874.